The number of amides is 2. The first kappa shape index (κ1) is 20.9. The lowest BCUT2D eigenvalue weighted by Gasteiger charge is -2.30. The standard InChI is InChI=1S/C23H29N3O3/c1-3-25(4-2)16-19(18-10-6-5-7-11-18)24-22(27)14-15-26-20-12-8-9-13-21(20)29-17-23(26)28/h5-13,19H,3-4,14-17H2,1-2H3,(H,24,27). The second-order valence-electron chi connectivity index (χ2n) is 7.07. The Morgan fingerprint density at radius 2 is 1.79 bits per heavy atom. The second kappa shape index (κ2) is 10.1. The molecule has 1 N–H and O–H groups in total. The number of likely N-dealkylation sites (N-methyl/N-ethyl adjacent to an activating group) is 1. The molecule has 1 atom stereocenters. The molecule has 1 heterocycles. The molecule has 0 bridgehead atoms. The van der Waals surface area contributed by atoms with Gasteiger partial charge in [-0.15, -0.1) is 0 Å². The molecule has 29 heavy (non-hydrogen) atoms. The van der Waals surface area contributed by atoms with Gasteiger partial charge in [-0.3, -0.25) is 9.59 Å². The Morgan fingerprint density at radius 1 is 1.10 bits per heavy atom. The monoisotopic (exact) mass is 395 g/mol. The zero-order chi connectivity index (χ0) is 20.6. The molecule has 154 valence electrons. The van der Waals surface area contributed by atoms with E-state index in [0.717, 1.165) is 30.9 Å². The highest BCUT2D eigenvalue weighted by Gasteiger charge is 2.26. The molecule has 0 radical (unpaired) electrons. The highest BCUT2D eigenvalue weighted by atomic mass is 16.5. The fourth-order valence-corrected chi connectivity index (χ4v) is 3.54. The summed E-state index contributed by atoms with van der Waals surface area (Å²) >= 11 is 0. The molecule has 1 aliphatic heterocycles. The van der Waals surface area contributed by atoms with E-state index in [2.05, 4.69) is 24.1 Å². The number of ether oxygens (including phenoxy) is 1. The fraction of sp³-hybridized carbons (Fsp3) is 0.391. The van der Waals surface area contributed by atoms with Gasteiger partial charge in [-0.1, -0.05) is 56.3 Å². The lowest BCUT2D eigenvalue weighted by Crippen LogP contribution is -2.42. The summed E-state index contributed by atoms with van der Waals surface area (Å²) in [7, 11) is 0. The smallest absolute Gasteiger partial charge is 0.265 e. The Bertz CT molecular complexity index is 821. The zero-order valence-corrected chi connectivity index (χ0v) is 17.1. The van der Waals surface area contributed by atoms with Crippen molar-refractivity contribution in [3.05, 3.63) is 60.2 Å². The molecular weight excluding hydrogens is 366 g/mol. The van der Waals surface area contributed by atoms with Crippen LogP contribution in [0.5, 0.6) is 5.75 Å². The summed E-state index contributed by atoms with van der Waals surface area (Å²) in [6, 6.07) is 17.4. The fourth-order valence-electron chi connectivity index (χ4n) is 3.54. The van der Waals surface area contributed by atoms with E-state index in [4.69, 9.17) is 4.74 Å². The third-order valence-corrected chi connectivity index (χ3v) is 5.24. The number of rotatable bonds is 9. The van der Waals surface area contributed by atoms with Crippen LogP contribution in [0, 0.1) is 0 Å². The maximum absolute atomic E-state index is 12.7. The Labute approximate surface area is 172 Å². The SMILES string of the molecule is CCN(CC)CC(NC(=O)CCN1C(=O)COc2ccccc21)c1ccccc1. The van der Waals surface area contributed by atoms with Gasteiger partial charge >= 0.3 is 0 Å². The minimum atomic E-state index is -0.126. The molecule has 0 aromatic heterocycles. The van der Waals surface area contributed by atoms with Crippen LogP contribution in [0.4, 0.5) is 5.69 Å². The number of nitrogens with zero attached hydrogens (tertiary/aromatic N) is 2. The van der Waals surface area contributed by atoms with Crippen LogP contribution in [0.1, 0.15) is 31.9 Å². The van der Waals surface area contributed by atoms with Crippen molar-refractivity contribution in [2.45, 2.75) is 26.3 Å². The lowest BCUT2D eigenvalue weighted by atomic mass is 10.1. The predicted molar refractivity (Wildman–Crippen MR) is 114 cm³/mol. The van der Waals surface area contributed by atoms with Crippen molar-refractivity contribution >= 4 is 17.5 Å². The molecule has 6 nitrogen and oxygen atoms in total. The maximum atomic E-state index is 12.7. The van der Waals surface area contributed by atoms with Crippen molar-refractivity contribution in [1.29, 1.82) is 0 Å². The summed E-state index contributed by atoms with van der Waals surface area (Å²) in [4.78, 5) is 29.0. The lowest BCUT2D eigenvalue weighted by molar-refractivity contribution is -0.122. The largest absolute Gasteiger partial charge is 0.482 e. The third kappa shape index (κ3) is 5.35. The summed E-state index contributed by atoms with van der Waals surface area (Å²) in [5.74, 6) is 0.484. The minimum absolute atomic E-state index is 0.00718. The molecule has 2 amide bonds. The van der Waals surface area contributed by atoms with Gasteiger partial charge in [0, 0.05) is 19.5 Å². The van der Waals surface area contributed by atoms with Gasteiger partial charge in [-0.2, -0.15) is 0 Å². The van der Waals surface area contributed by atoms with E-state index in [1.54, 1.807) is 4.90 Å². The van der Waals surface area contributed by atoms with E-state index < -0.39 is 0 Å². The Kier molecular flexibility index (Phi) is 7.25. The van der Waals surface area contributed by atoms with Gasteiger partial charge in [-0.05, 0) is 30.8 Å². The first-order chi connectivity index (χ1) is 14.1. The normalized spacial score (nSPS) is 14.3. The number of para-hydroxylation sites is 2. The average Bonchev–Trinajstić information content (AvgIpc) is 2.76. The number of anilines is 1. The number of fused-ring (bicyclic) bond motifs is 1. The molecule has 0 saturated carbocycles. The number of hydrogen-bond acceptors (Lipinski definition) is 4. The molecule has 2 aromatic rings. The van der Waals surface area contributed by atoms with Crippen LogP contribution in [-0.2, 0) is 9.59 Å². The molecule has 0 aliphatic carbocycles. The van der Waals surface area contributed by atoms with Crippen LogP contribution in [-0.4, -0.2) is 49.5 Å². The molecular formula is C23H29N3O3. The topological polar surface area (TPSA) is 61.9 Å². The van der Waals surface area contributed by atoms with Crippen LogP contribution in [0.15, 0.2) is 54.6 Å². The number of carbonyl (C=O) groups is 2. The number of hydrogen-bond donors (Lipinski definition) is 1. The summed E-state index contributed by atoms with van der Waals surface area (Å²) in [6.45, 7) is 7.18. The second-order valence-corrected chi connectivity index (χ2v) is 7.07. The van der Waals surface area contributed by atoms with Crippen LogP contribution in [0.2, 0.25) is 0 Å². The molecule has 1 aliphatic rings. The van der Waals surface area contributed by atoms with Gasteiger partial charge in [0.2, 0.25) is 5.91 Å². The highest BCUT2D eigenvalue weighted by Crippen LogP contribution is 2.31. The van der Waals surface area contributed by atoms with Crippen LogP contribution < -0.4 is 15.0 Å². The van der Waals surface area contributed by atoms with E-state index >= 15 is 0 Å². The number of nitrogens with one attached hydrogen (secondary N) is 1. The van der Waals surface area contributed by atoms with Crippen LogP contribution >= 0.6 is 0 Å². The average molecular weight is 396 g/mol. The molecule has 0 fully saturated rings. The quantitative estimate of drug-likeness (QED) is 0.709. The van der Waals surface area contributed by atoms with E-state index in [1.807, 2.05) is 54.6 Å². The van der Waals surface area contributed by atoms with Crippen LogP contribution in [0.3, 0.4) is 0 Å². The van der Waals surface area contributed by atoms with Crippen molar-refractivity contribution < 1.29 is 14.3 Å². The minimum Gasteiger partial charge on any atom is -0.482 e. The molecule has 6 heteroatoms. The maximum Gasteiger partial charge on any atom is 0.265 e. The summed E-state index contributed by atoms with van der Waals surface area (Å²) in [5.41, 5.74) is 1.81. The van der Waals surface area contributed by atoms with Crippen molar-refractivity contribution in [3.8, 4) is 5.75 Å². The molecule has 2 aromatic carbocycles. The van der Waals surface area contributed by atoms with Crippen molar-refractivity contribution in [2.24, 2.45) is 0 Å². The summed E-state index contributed by atoms with van der Waals surface area (Å²) in [6.07, 6.45) is 0.238. The Morgan fingerprint density at radius 3 is 2.52 bits per heavy atom. The summed E-state index contributed by atoms with van der Waals surface area (Å²) < 4.78 is 5.47. The Balaban J connectivity index is 1.65. The van der Waals surface area contributed by atoms with E-state index in [0.29, 0.717) is 12.3 Å². The molecule has 0 spiro atoms. The van der Waals surface area contributed by atoms with E-state index in [1.165, 1.54) is 0 Å². The van der Waals surface area contributed by atoms with Gasteiger partial charge in [0.1, 0.15) is 5.75 Å². The van der Waals surface area contributed by atoms with Crippen molar-refractivity contribution in [3.63, 3.8) is 0 Å². The van der Waals surface area contributed by atoms with Crippen molar-refractivity contribution in [2.75, 3.05) is 37.7 Å². The first-order valence-corrected chi connectivity index (χ1v) is 10.2. The number of benzene rings is 2. The predicted octanol–water partition coefficient (Wildman–Crippen LogP) is 3.00. The summed E-state index contributed by atoms with van der Waals surface area (Å²) in [5, 5.41) is 3.16. The van der Waals surface area contributed by atoms with Gasteiger partial charge in [-0.25, -0.2) is 0 Å². The molecule has 0 saturated heterocycles. The van der Waals surface area contributed by atoms with Crippen molar-refractivity contribution in [1.82, 2.24) is 10.2 Å². The van der Waals surface area contributed by atoms with Gasteiger partial charge in [0.25, 0.3) is 5.91 Å². The van der Waals surface area contributed by atoms with E-state index in [-0.39, 0.29) is 30.9 Å². The van der Waals surface area contributed by atoms with Gasteiger partial charge < -0.3 is 19.9 Å². The van der Waals surface area contributed by atoms with E-state index in [9.17, 15) is 9.59 Å². The zero-order valence-electron chi connectivity index (χ0n) is 17.1. The molecule has 1 unspecified atom stereocenters. The van der Waals surface area contributed by atoms with Gasteiger partial charge in [0.15, 0.2) is 6.61 Å². The third-order valence-electron chi connectivity index (χ3n) is 5.24. The van der Waals surface area contributed by atoms with Crippen LogP contribution in [0.25, 0.3) is 0 Å². The highest BCUT2D eigenvalue weighted by molar-refractivity contribution is 5.98. The number of carbonyl (C=O) groups excluding carboxylic acids is 2. The first-order valence-electron chi connectivity index (χ1n) is 10.2. The van der Waals surface area contributed by atoms with Gasteiger partial charge in [0.05, 0.1) is 11.7 Å². The molecule has 3 rings (SSSR count). The Hall–Kier alpha value is -2.86.